The van der Waals surface area contributed by atoms with E-state index < -0.39 is 0 Å². The van der Waals surface area contributed by atoms with Crippen LogP contribution in [0.5, 0.6) is 0 Å². The van der Waals surface area contributed by atoms with Crippen LogP contribution >= 0.6 is 23.5 Å². The van der Waals surface area contributed by atoms with Crippen LogP contribution in [0.3, 0.4) is 0 Å². The Labute approximate surface area is 101 Å². The molecule has 1 atom stereocenters. The van der Waals surface area contributed by atoms with E-state index in [0.717, 1.165) is 12.3 Å². The van der Waals surface area contributed by atoms with E-state index in [1.165, 1.54) is 9.28 Å². The summed E-state index contributed by atoms with van der Waals surface area (Å²) in [6.45, 7) is 8.81. The van der Waals surface area contributed by atoms with Crippen LogP contribution in [0.2, 0.25) is 0 Å². The molecule has 0 radical (unpaired) electrons. The van der Waals surface area contributed by atoms with E-state index in [4.69, 9.17) is 0 Å². The van der Waals surface area contributed by atoms with E-state index in [2.05, 4.69) is 36.7 Å². The highest BCUT2D eigenvalue weighted by atomic mass is 32.2. The van der Waals surface area contributed by atoms with Gasteiger partial charge in [-0.2, -0.15) is 0 Å². The summed E-state index contributed by atoms with van der Waals surface area (Å²) in [4.78, 5) is 5.83. The first-order chi connectivity index (χ1) is 7.26. The van der Waals surface area contributed by atoms with Crippen LogP contribution in [-0.2, 0) is 0 Å². The van der Waals surface area contributed by atoms with Crippen molar-refractivity contribution in [3.8, 4) is 0 Å². The van der Waals surface area contributed by atoms with E-state index >= 15 is 0 Å². The van der Waals surface area contributed by atoms with Crippen LogP contribution in [0.1, 0.15) is 13.8 Å². The quantitative estimate of drug-likeness (QED) is 0.685. The van der Waals surface area contributed by atoms with Crippen molar-refractivity contribution in [2.24, 2.45) is 10.9 Å². The molecule has 1 aliphatic rings. The van der Waals surface area contributed by atoms with E-state index in [1.807, 2.05) is 13.0 Å². The second-order valence-electron chi connectivity index (χ2n) is 3.29. The lowest BCUT2D eigenvalue weighted by Crippen LogP contribution is -1.85. The first-order valence-electron chi connectivity index (χ1n) is 5.05. The van der Waals surface area contributed by atoms with Crippen molar-refractivity contribution in [2.45, 2.75) is 13.8 Å². The molecule has 0 amide bonds. The Balaban J connectivity index is 2.36. The third-order valence-electron chi connectivity index (χ3n) is 1.94. The number of thioether (sulfide) groups is 2. The zero-order valence-electron chi connectivity index (χ0n) is 9.27. The Kier molecular flexibility index (Phi) is 5.88. The molecule has 0 aromatic heterocycles. The molecule has 0 aromatic rings. The van der Waals surface area contributed by atoms with Crippen molar-refractivity contribution in [2.75, 3.05) is 12.3 Å². The van der Waals surface area contributed by atoms with E-state index in [-0.39, 0.29) is 0 Å². The predicted molar refractivity (Wildman–Crippen MR) is 74.6 cm³/mol. The monoisotopic (exact) mass is 239 g/mol. The molecular formula is C12H17NS2. The maximum Gasteiger partial charge on any atom is 0.129 e. The summed E-state index contributed by atoms with van der Waals surface area (Å²) in [5.41, 5.74) is 0. The van der Waals surface area contributed by atoms with Gasteiger partial charge in [0.15, 0.2) is 0 Å². The van der Waals surface area contributed by atoms with Gasteiger partial charge in [-0.1, -0.05) is 54.8 Å². The van der Waals surface area contributed by atoms with Crippen LogP contribution in [0.25, 0.3) is 0 Å². The molecule has 0 N–H and O–H groups in total. The Bertz CT molecular complexity index is 303. The van der Waals surface area contributed by atoms with Crippen LogP contribution < -0.4 is 0 Å². The lowest BCUT2D eigenvalue weighted by atomic mass is 10.2. The van der Waals surface area contributed by atoms with Gasteiger partial charge in [-0.15, -0.1) is 6.58 Å². The molecule has 82 valence electrons. The van der Waals surface area contributed by atoms with E-state index in [9.17, 15) is 0 Å². The molecule has 0 aromatic carbocycles. The third-order valence-corrected chi connectivity index (χ3v) is 4.11. The van der Waals surface area contributed by atoms with Crippen LogP contribution in [-0.4, -0.2) is 16.7 Å². The highest BCUT2D eigenvalue weighted by Gasteiger charge is 2.12. The van der Waals surface area contributed by atoms with Gasteiger partial charge < -0.3 is 0 Å². The maximum absolute atomic E-state index is 4.48. The van der Waals surface area contributed by atoms with Gasteiger partial charge in [-0.3, -0.25) is 4.99 Å². The minimum Gasteiger partial charge on any atom is -0.266 e. The van der Waals surface area contributed by atoms with Crippen LogP contribution in [0, 0.1) is 5.92 Å². The van der Waals surface area contributed by atoms with Crippen molar-refractivity contribution in [1.82, 2.24) is 0 Å². The SMILES string of the molecule is C=CC(C)/C=C1\CN=C(SC/C=C/C)S1. The third kappa shape index (κ3) is 4.76. The summed E-state index contributed by atoms with van der Waals surface area (Å²) in [6.07, 6.45) is 8.43. The average Bonchev–Trinajstić information content (AvgIpc) is 2.66. The molecule has 0 saturated heterocycles. The Morgan fingerprint density at radius 1 is 1.67 bits per heavy atom. The molecular weight excluding hydrogens is 222 g/mol. The molecule has 1 heterocycles. The predicted octanol–water partition coefficient (Wildman–Crippen LogP) is 4.10. The fourth-order valence-corrected chi connectivity index (χ4v) is 3.17. The largest absolute Gasteiger partial charge is 0.266 e. The van der Waals surface area contributed by atoms with Gasteiger partial charge in [0.2, 0.25) is 0 Å². The molecule has 0 saturated carbocycles. The molecule has 0 spiro atoms. The number of nitrogens with zero attached hydrogens (tertiary/aromatic N) is 1. The molecule has 0 fully saturated rings. The minimum absolute atomic E-state index is 0.447. The molecule has 0 bridgehead atoms. The molecule has 1 unspecified atom stereocenters. The van der Waals surface area contributed by atoms with Crippen molar-refractivity contribution < 1.29 is 0 Å². The van der Waals surface area contributed by atoms with Gasteiger partial charge in [-0.25, -0.2) is 0 Å². The van der Waals surface area contributed by atoms with Gasteiger partial charge in [0, 0.05) is 10.7 Å². The first kappa shape index (κ1) is 12.7. The van der Waals surface area contributed by atoms with Crippen molar-refractivity contribution >= 4 is 27.9 Å². The first-order valence-corrected chi connectivity index (χ1v) is 6.86. The van der Waals surface area contributed by atoms with Crippen LogP contribution in [0.4, 0.5) is 0 Å². The highest BCUT2D eigenvalue weighted by molar-refractivity contribution is 8.40. The fourth-order valence-electron chi connectivity index (χ4n) is 1.06. The maximum atomic E-state index is 4.48. The fraction of sp³-hybridized carbons (Fsp3) is 0.417. The van der Waals surface area contributed by atoms with Gasteiger partial charge in [0.25, 0.3) is 0 Å². The molecule has 3 heteroatoms. The Hall–Kier alpha value is -0.410. The number of rotatable bonds is 4. The number of allylic oxidation sites excluding steroid dienone is 3. The van der Waals surface area contributed by atoms with Crippen molar-refractivity contribution in [1.29, 1.82) is 0 Å². The Morgan fingerprint density at radius 2 is 2.47 bits per heavy atom. The van der Waals surface area contributed by atoms with Crippen molar-refractivity contribution in [3.63, 3.8) is 0 Å². The standard InChI is InChI=1S/C12H17NS2/c1-4-6-7-14-12-13-9-11(15-12)8-10(3)5-2/h4-6,8,10H,2,7,9H2,1,3H3/b6-4+,11-8+. The highest BCUT2D eigenvalue weighted by Crippen LogP contribution is 2.32. The average molecular weight is 239 g/mol. The molecule has 0 aliphatic carbocycles. The number of hydrogen-bond acceptors (Lipinski definition) is 3. The van der Waals surface area contributed by atoms with Gasteiger partial charge in [0.05, 0.1) is 6.54 Å². The summed E-state index contributed by atoms with van der Waals surface area (Å²) in [7, 11) is 0. The van der Waals surface area contributed by atoms with E-state index in [0.29, 0.717) is 5.92 Å². The molecule has 1 aliphatic heterocycles. The van der Waals surface area contributed by atoms with Crippen molar-refractivity contribution in [3.05, 3.63) is 35.8 Å². The normalized spacial score (nSPS) is 20.9. The van der Waals surface area contributed by atoms with E-state index in [1.54, 1.807) is 23.5 Å². The number of hydrogen-bond donors (Lipinski definition) is 0. The topological polar surface area (TPSA) is 12.4 Å². The lowest BCUT2D eigenvalue weighted by molar-refractivity contribution is 0.934. The second kappa shape index (κ2) is 6.96. The summed E-state index contributed by atoms with van der Waals surface area (Å²) >= 11 is 3.60. The van der Waals surface area contributed by atoms with Gasteiger partial charge in [0.1, 0.15) is 4.38 Å². The zero-order chi connectivity index (χ0) is 11.1. The lowest BCUT2D eigenvalue weighted by Gasteiger charge is -1.99. The Morgan fingerprint density at radius 3 is 3.13 bits per heavy atom. The molecule has 1 nitrogen and oxygen atoms in total. The van der Waals surface area contributed by atoms with Crippen LogP contribution in [0.15, 0.2) is 40.8 Å². The zero-order valence-corrected chi connectivity index (χ0v) is 10.9. The molecule has 1 rings (SSSR count). The number of aliphatic imine (C=N–C) groups is 1. The smallest absolute Gasteiger partial charge is 0.129 e. The second-order valence-corrected chi connectivity index (χ2v) is 5.67. The van der Waals surface area contributed by atoms with Gasteiger partial charge >= 0.3 is 0 Å². The summed E-state index contributed by atoms with van der Waals surface area (Å²) in [5, 5.41) is 0. The summed E-state index contributed by atoms with van der Waals surface area (Å²) < 4.78 is 1.19. The summed E-state index contributed by atoms with van der Waals surface area (Å²) in [6, 6.07) is 0. The van der Waals surface area contributed by atoms with Gasteiger partial charge in [-0.05, 0) is 12.8 Å². The minimum atomic E-state index is 0.447. The molecule has 15 heavy (non-hydrogen) atoms. The summed E-state index contributed by atoms with van der Waals surface area (Å²) in [5.74, 6) is 1.47.